The maximum absolute atomic E-state index is 15.4. The molecule has 3 aliphatic heterocycles. The fourth-order valence-electron chi connectivity index (χ4n) is 16.5. The monoisotopic (exact) mass is 1710 g/mol. The molecule has 3 aliphatic rings. The number of esters is 2. The van der Waals surface area contributed by atoms with E-state index < -0.39 is 113 Å². The van der Waals surface area contributed by atoms with Crippen molar-refractivity contribution in [2.24, 2.45) is 11.8 Å². The van der Waals surface area contributed by atoms with Crippen molar-refractivity contribution in [1.29, 1.82) is 0 Å². The number of Topliss-reactive ketones (excluding diaryl/α,β-unsaturated/α-hetero) is 1. The third kappa shape index (κ3) is 45.2. The van der Waals surface area contributed by atoms with E-state index in [-0.39, 0.29) is 69.6 Å². The van der Waals surface area contributed by atoms with Crippen molar-refractivity contribution in [2.45, 2.75) is 443 Å². The summed E-state index contributed by atoms with van der Waals surface area (Å²) in [5.41, 5.74) is 2.44. The molecule has 1 unspecified atom stereocenters. The Morgan fingerprint density at radius 3 is 1.48 bits per heavy atom. The van der Waals surface area contributed by atoms with Gasteiger partial charge in [0.15, 0.2) is 39.4 Å². The molecule has 0 radical (unpaired) electrons. The number of unbranched alkanes of at least 4 members (excludes halogenated alkanes) is 31. The van der Waals surface area contributed by atoms with Crippen LogP contribution in [0.15, 0.2) is 104 Å². The molecular formula is C100H162N2O18Si. The lowest BCUT2D eigenvalue weighted by molar-refractivity contribution is -0.350. The van der Waals surface area contributed by atoms with Gasteiger partial charge in [-0.3, -0.25) is 19.2 Å². The number of ether oxygens (including phenoxy) is 11. The minimum Gasteiger partial charge on any atom is -0.462 e. The molecule has 3 aromatic rings. The highest BCUT2D eigenvalue weighted by molar-refractivity contribution is 6.71. The first-order valence-electron chi connectivity index (χ1n) is 47.9. The lowest BCUT2D eigenvalue weighted by atomic mass is 9.94. The van der Waals surface area contributed by atoms with Crippen molar-refractivity contribution in [3.05, 3.63) is 120 Å². The molecular weight excluding hydrogens is 1550 g/mol. The molecule has 0 aromatic heterocycles. The predicted octanol–water partition coefficient (Wildman–Crippen LogP) is 23.6. The van der Waals surface area contributed by atoms with Crippen molar-refractivity contribution in [3.8, 4) is 0 Å². The molecule has 2 amide bonds. The Morgan fingerprint density at radius 1 is 0.488 bits per heavy atom. The Kier molecular flexibility index (Phi) is 54.2. The van der Waals surface area contributed by atoms with Gasteiger partial charge < -0.3 is 72.0 Å². The van der Waals surface area contributed by atoms with Crippen molar-refractivity contribution in [2.75, 3.05) is 19.8 Å². The van der Waals surface area contributed by atoms with Gasteiger partial charge in [0.1, 0.15) is 55.0 Å². The molecule has 3 heterocycles. The zero-order chi connectivity index (χ0) is 86.9. The lowest BCUT2D eigenvalue weighted by Crippen LogP contribution is -2.69. The smallest absolute Gasteiger partial charge is 0.462 e. The van der Waals surface area contributed by atoms with E-state index in [4.69, 9.17) is 56.5 Å². The van der Waals surface area contributed by atoms with Gasteiger partial charge in [-0.15, -0.1) is 0 Å². The normalized spacial score (nSPS) is 20.9. The maximum Gasteiger partial charge on any atom is 0.509 e. The van der Waals surface area contributed by atoms with E-state index in [9.17, 15) is 19.2 Å². The number of hydrogen-bond donors (Lipinski definition) is 2. The lowest BCUT2D eigenvalue weighted by Gasteiger charge is -2.50. The number of carbonyl (C=O) groups is 6. The summed E-state index contributed by atoms with van der Waals surface area (Å²) in [4.78, 5) is 86.3. The minimum absolute atomic E-state index is 0.0216. The predicted molar refractivity (Wildman–Crippen MR) is 482 cm³/mol. The van der Waals surface area contributed by atoms with Crippen LogP contribution in [0.1, 0.15) is 354 Å². The first-order valence-corrected chi connectivity index (χ1v) is 51.0. The highest BCUT2D eigenvalue weighted by atomic mass is 28.4. The van der Waals surface area contributed by atoms with Gasteiger partial charge in [0, 0.05) is 18.4 Å². The summed E-state index contributed by atoms with van der Waals surface area (Å²) in [6.07, 6.45) is 30.8. The van der Waals surface area contributed by atoms with Crippen LogP contribution in [-0.4, -0.2) is 137 Å². The summed E-state index contributed by atoms with van der Waals surface area (Å²) in [7, 11) is -2.79. The summed E-state index contributed by atoms with van der Waals surface area (Å²) in [5, 5.41) is 6.49. The largest absolute Gasteiger partial charge is 0.509 e. The fraction of sp³-hybridized carbons (Fsp3) is 0.740. The molecule has 13 atom stereocenters. The summed E-state index contributed by atoms with van der Waals surface area (Å²) < 4.78 is 80.8. The van der Waals surface area contributed by atoms with Gasteiger partial charge in [0.2, 0.25) is 11.8 Å². The molecule has 21 heteroatoms. The maximum atomic E-state index is 15.4. The zero-order valence-corrected chi connectivity index (χ0v) is 77.3. The van der Waals surface area contributed by atoms with Crippen molar-refractivity contribution in [3.63, 3.8) is 0 Å². The number of fused-ring (bicyclic) bond motifs is 1. The summed E-state index contributed by atoms with van der Waals surface area (Å²) in [5.74, 6) is -0.766. The minimum atomic E-state index is -2.79. The molecule has 6 rings (SSSR count). The number of rotatable bonds is 69. The number of nitrogens with one attached hydrogen (secondary N) is 2. The fourth-order valence-corrected chi connectivity index (χ4v) is 18.5. The highest BCUT2D eigenvalue weighted by Gasteiger charge is 2.56. The third-order valence-electron chi connectivity index (χ3n) is 23.5. The zero-order valence-electron chi connectivity index (χ0n) is 76.3. The number of ketones is 1. The van der Waals surface area contributed by atoms with Crippen molar-refractivity contribution in [1.82, 2.24) is 10.6 Å². The molecule has 0 spiro atoms. The van der Waals surface area contributed by atoms with Crippen LogP contribution in [0.5, 0.6) is 0 Å². The first kappa shape index (κ1) is 104. The summed E-state index contributed by atoms with van der Waals surface area (Å²) >= 11 is 0. The van der Waals surface area contributed by atoms with Crippen LogP contribution in [0.4, 0.5) is 4.79 Å². The van der Waals surface area contributed by atoms with E-state index in [1.54, 1.807) is 0 Å². The SMILES string of the molecule is C=CCOC(=O)O[C@@H]1[C@@H](NC(=O)C[C@@H](CCCCCCCCCCCC(C)C)OCc2ccccc2)[C@H](O[Si](C)(C)CCCCCC)O[C@H](CO[C@@H]2O[C@@H]3COC(c4ccccc4)O[C@H]3[C@H](OC(=O)CCC(C)=O)[C@H]2NC(=O)C[C@@H](CCCCCCCCCCCC(C)C)OC(=O)CCCCCCCCCCCCCCC)[C@H]1OCc1ccccc1. The van der Waals surface area contributed by atoms with Crippen LogP contribution >= 0.6 is 0 Å². The first-order chi connectivity index (χ1) is 58.7. The molecule has 20 nitrogen and oxygen atoms in total. The molecule has 3 aromatic carbocycles. The highest BCUT2D eigenvalue weighted by Crippen LogP contribution is 2.39. The topological polar surface area (TPSA) is 237 Å². The van der Waals surface area contributed by atoms with Crippen LogP contribution in [0.2, 0.25) is 19.1 Å². The third-order valence-corrected chi connectivity index (χ3v) is 26.0. The second-order valence-corrected chi connectivity index (χ2v) is 40.3. The number of carbonyl (C=O) groups excluding carboxylic acids is 6. The molecule has 0 saturated carbocycles. The second-order valence-electron chi connectivity index (χ2n) is 36.1. The van der Waals surface area contributed by atoms with Gasteiger partial charge in [-0.1, -0.05) is 370 Å². The summed E-state index contributed by atoms with van der Waals surface area (Å²) in [6.45, 7) is 22.6. The van der Waals surface area contributed by atoms with E-state index in [2.05, 4.69) is 71.8 Å². The Hall–Kier alpha value is -5.88. The van der Waals surface area contributed by atoms with Crippen LogP contribution in [0, 0.1) is 11.8 Å². The van der Waals surface area contributed by atoms with E-state index in [0.717, 1.165) is 126 Å². The van der Waals surface area contributed by atoms with Crippen molar-refractivity contribution < 1.29 is 85.3 Å². The van der Waals surface area contributed by atoms with E-state index >= 15 is 9.59 Å². The second kappa shape index (κ2) is 63.1. The quantitative estimate of drug-likeness (QED) is 0.0176. The summed E-state index contributed by atoms with van der Waals surface area (Å²) in [6, 6.07) is 27.0. The molecule has 3 saturated heterocycles. The Bertz CT molecular complexity index is 3220. The molecule has 684 valence electrons. The Balaban J connectivity index is 1.35. The van der Waals surface area contributed by atoms with E-state index in [1.165, 1.54) is 141 Å². The molecule has 3 fully saturated rings. The van der Waals surface area contributed by atoms with Gasteiger partial charge in [-0.25, -0.2) is 4.79 Å². The molecule has 0 aliphatic carbocycles. The van der Waals surface area contributed by atoms with Gasteiger partial charge in [-0.05, 0) is 74.7 Å². The van der Waals surface area contributed by atoms with Crippen LogP contribution in [-0.2, 0) is 93.7 Å². The molecule has 2 N–H and O–H groups in total. The van der Waals surface area contributed by atoms with Gasteiger partial charge in [0.05, 0.1) is 51.8 Å². The standard InChI is InChI=1S/C100H162N2O18Si/c1-11-14-16-18-19-20-21-22-23-30-35-40-54-66-89(106)114-84(65-53-39-34-29-25-27-32-37-45-57-78(6)7)72-88(105)101-91-96(117-90(107)68-67-79(8)103)94-86(76-112-97(118-94)82-62-50-43-51-63-82)115-98(91)113-75-85-93(111-74-81-60-48-42-49-61-81)95(119-100(108)109-69-13-3)92(99(116-85)120-121(9,10)70-55-17-15-12-2)102-87(104)71-83(110-73-80-58-46-41-47-59-80)64-52-38-33-28-24-26-31-36-44-56-77(4)5/h13,41-43,46-51,58-63,77-78,83-86,91-99H,3,11-12,14-40,44-45,52-57,64-76H2,1-2,4-10H3,(H,101,105)(H,102,104)/t83-,84-,85-,86-,91-,92-,93-,94-,95-,96-,97?,98-,99+/m1/s1. The average Bonchev–Trinajstić information content (AvgIpc) is 0.770. The number of amides is 2. The Morgan fingerprint density at radius 2 is 0.959 bits per heavy atom. The Labute approximate surface area is 731 Å². The molecule has 0 bridgehead atoms. The van der Waals surface area contributed by atoms with Crippen molar-refractivity contribution >= 4 is 44.0 Å². The van der Waals surface area contributed by atoms with E-state index in [0.29, 0.717) is 37.4 Å². The van der Waals surface area contributed by atoms with Gasteiger partial charge in [-0.2, -0.15) is 0 Å². The number of hydrogen-bond acceptors (Lipinski definition) is 18. The number of benzene rings is 3. The average molecular weight is 1710 g/mol. The molecule has 121 heavy (non-hydrogen) atoms. The van der Waals surface area contributed by atoms with E-state index in [1.807, 2.05) is 91.0 Å². The van der Waals surface area contributed by atoms with Crippen LogP contribution in [0.25, 0.3) is 0 Å². The van der Waals surface area contributed by atoms with Crippen LogP contribution < -0.4 is 10.6 Å². The van der Waals surface area contributed by atoms with Crippen LogP contribution in [0.3, 0.4) is 0 Å². The van der Waals surface area contributed by atoms with Gasteiger partial charge in [0.25, 0.3) is 0 Å². The van der Waals surface area contributed by atoms with Gasteiger partial charge >= 0.3 is 18.1 Å².